The van der Waals surface area contributed by atoms with Gasteiger partial charge in [-0.3, -0.25) is 9.69 Å². The molecule has 42 heavy (non-hydrogen) atoms. The normalized spacial score (nSPS) is 19.2. The van der Waals surface area contributed by atoms with Gasteiger partial charge in [-0.25, -0.2) is 4.98 Å². The molecular formula is C30H34BrF3N6O2. The Labute approximate surface area is 251 Å². The number of alkyl halides is 3. The molecule has 224 valence electrons. The number of aliphatic hydroxyl groups excluding tert-OH is 1. The molecule has 1 amide bonds. The molecule has 3 aromatic rings. The number of aromatic nitrogens is 2. The number of halogens is 4. The predicted octanol–water partition coefficient (Wildman–Crippen LogP) is 6.24. The van der Waals surface area contributed by atoms with Crippen molar-refractivity contribution in [1.82, 2.24) is 14.9 Å². The van der Waals surface area contributed by atoms with Crippen LogP contribution in [0.1, 0.15) is 54.9 Å². The van der Waals surface area contributed by atoms with Crippen molar-refractivity contribution < 1.29 is 23.1 Å². The van der Waals surface area contributed by atoms with Crippen LogP contribution in [-0.4, -0.2) is 57.8 Å². The van der Waals surface area contributed by atoms with Crippen LogP contribution in [0.4, 0.5) is 36.3 Å². The summed E-state index contributed by atoms with van der Waals surface area (Å²) in [5.74, 6) is 1.05. The van der Waals surface area contributed by atoms with Crippen molar-refractivity contribution in [3.63, 3.8) is 0 Å². The minimum absolute atomic E-state index is 0.0258. The van der Waals surface area contributed by atoms with E-state index in [1.807, 2.05) is 57.2 Å². The lowest BCUT2D eigenvalue weighted by Crippen LogP contribution is -2.44. The SMILES string of the molecule is Cc1cc(C2CCCN(CC(O)C(F)(F)F)C2)ccc1Nc1ncc(Br)c(NCc2cccc3c2C(C)(C)C(=O)N3)n1. The number of aliphatic hydroxyl groups is 1. The summed E-state index contributed by atoms with van der Waals surface area (Å²) >= 11 is 3.52. The van der Waals surface area contributed by atoms with Gasteiger partial charge in [-0.15, -0.1) is 0 Å². The van der Waals surface area contributed by atoms with Crippen molar-refractivity contribution in [1.29, 1.82) is 0 Å². The molecule has 3 heterocycles. The second kappa shape index (κ2) is 11.8. The third-order valence-corrected chi connectivity index (χ3v) is 8.65. The third kappa shape index (κ3) is 6.40. The van der Waals surface area contributed by atoms with Crippen LogP contribution in [0.2, 0.25) is 0 Å². The molecule has 2 unspecified atom stereocenters. The van der Waals surface area contributed by atoms with E-state index in [0.29, 0.717) is 35.9 Å². The maximum absolute atomic E-state index is 12.8. The van der Waals surface area contributed by atoms with Gasteiger partial charge in [0.2, 0.25) is 11.9 Å². The van der Waals surface area contributed by atoms with Gasteiger partial charge in [0.1, 0.15) is 5.82 Å². The Kier molecular flexibility index (Phi) is 8.51. The minimum atomic E-state index is -4.61. The van der Waals surface area contributed by atoms with E-state index in [0.717, 1.165) is 46.5 Å². The van der Waals surface area contributed by atoms with Gasteiger partial charge >= 0.3 is 6.18 Å². The van der Waals surface area contributed by atoms with Gasteiger partial charge in [0, 0.05) is 37.2 Å². The number of amides is 1. The number of benzene rings is 2. The molecule has 1 fully saturated rings. The maximum Gasteiger partial charge on any atom is 0.415 e. The summed E-state index contributed by atoms with van der Waals surface area (Å²) in [7, 11) is 0. The lowest BCUT2D eigenvalue weighted by atomic mass is 9.83. The van der Waals surface area contributed by atoms with Crippen LogP contribution < -0.4 is 16.0 Å². The minimum Gasteiger partial charge on any atom is -0.382 e. The molecule has 4 N–H and O–H groups in total. The van der Waals surface area contributed by atoms with Gasteiger partial charge in [0.25, 0.3) is 0 Å². The average molecular weight is 648 g/mol. The molecule has 0 radical (unpaired) electrons. The highest BCUT2D eigenvalue weighted by atomic mass is 79.9. The molecule has 12 heteroatoms. The van der Waals surface area contributed by atoms with E-state index in [1.54, 1.807) is 11.1 Å². The number of nitrogens with zero attached hydrogens (tertiary/aromatic N) is 3. The number of hydrogen-bond donors (Lipinski definition) is 4. The number of carbonyl (C=O) groups excluding carboxylic acids is 1. The van der Waals surface area contributed by atoms with Gasteiger partial charge < -0.3 is 21.1 Å². The lowest BCUT2D eigenvalue weighted by molar-refractivity contribution is -0.208. The van der Waals surface area contributed by atoms with Gasteiger partial charge in [0.15, 0.2) is 6.10 Å². The Balaban J connectivity index is 1.26. The molecule has 1 aromatic heterocycles. The standard InChI is InChI=1S/C30H34BrF3N6O2/c1-17-12-18(20-7-5-11-40(15-20)16-24(41)30(32,33)34)9-10-22(17)38-28-36-14-21(31)26(39-28)35-13-19-6-4-8-23-25(19)29(2,3)27(42)37-23/h4,6,8-10,12,14,20,24,41H,5,7,11,13,15-16H2,1-3H3,(H,37,42)(H2,35,36,38,39). The summed E-state index contributed by atoms with van der Waals surface area (Å²) in [5, 5.41) is 19.1. The largest absolute Gasteiger partial charge is 0.415 e. The molecule has 0 bridgehead atoms. The van der Waals surface area contributed by atoms with Crippen LogP contribution in [0.15, 0.2) is 47.1 Å². The highest BCUT2D eigenvalue weighted by Gasteiger charge is 2.41. The van der Waals surface area contributed by atoms with Crippen molar-refractivity contribution in [2.45, 2.75) is 63.8 Å². The van der Waals surface area contributed by atoms with E-state index in [-0.39, 0.29) is 11.8 Å². The number of nitrogens with one attached hydrogen (secondary N) is 3. The Morgan fingerprint density at radius 3 is 2.79 bits per heavy atom. The molecule has 2 aromatic carbocycles. The third-order valence-electron chi connectivity index (χ3n) is 8.06. The second-order valence-corrected chi connectivity index (χ2v) is 12.4. The average Bonchev–Trinajstić information content (AvgIpc) is 3.17. The van der Waals surface area contributed by atoms with Crippen molar-refractivity contribution in [3.8, 4) is 0 Å². The highest BCUT2D eigenvalue weighted by molar-refractivity contribution is 9.10. The van der Waals surface area contributed by atoms with E-state index >= 15 is 0 Å². The van der Waals surface area contributed by atoms with Crippen molar-refractivity contribution >= 4 is 45.0 Å². The number of aryl methyl sites for hydroxylation is 1. The Morgan fingerprint density at radius 1 is 1.26 bits per heavy atom. The number of anilines is 4. The van der Waals surface area contributed by atoms with Gasteiger partial charge in [-0.05, 0) is 96.4 Å². The number of hydrogen-bond acceptors (Lipinski definition) is 7. The summed E-state index contributed by atoms with van der Waals surface area (Å²) in [4.78, 5) is 23.2. The number of likely N-dealkylation sites (tertiary alicyclic amines) is 1. The number of rotatable bonds is 8. The lowest BCUT2D eigenvalue weighted by Gasteiger charge is -2.34. The summed E-state index contributed by atoms with van der Waals surface area (Å²) in [6.07, 6.45) is -3.64. The first-order valence-electron chi connectivity index (χ1n) is 13.9. The summed E-state index contributed by atoms with van der Waals surface area (Å²) in [6.45, 7) is 6.85. The van der Waals surface area contributed by atoms with E-state index in [1.165, 1.54) is 0 Å². The molecule has 0 aliphatic carbocycles. The fourth-order valence-corrected chi connectivity index (χ4v) is 6.09. The Hall–Kier alpha value is -3.22. The first kappa shape index (κ1) is 30.2. The molecular weight excluding hydrogens is 613 g/mol. The molecule has 2 atom stereocenters. The van der Waals surface area contributed by atoms with Crippen LogP contribution >= 0.6 is 15.9 Å². The first-order valence-corrected chi connectivity index (χ1v) is 14.7. The van der Waals surface area contributed by atoms with E-state index in [4.69, 9.17) is 0 Å². The molecule has 2 aliphatic heterocycles. The number of carbonyl (C=O) groups is 1. The zero-order valence-electron chi connectivity index (χ0n) is 23.6. The second-order valence-electron chi connectivity index (χ2n) is 11.5. The van der Waals surface area contributed by atoms with Crippen molar-refractivity contribution in [2.75, 3.05) is 35.6 Å². The Bertz CT molecular complexity index is 1480. The number of fused-ring (bicyclic) bond motifs is 1. The van der Waals surface area contributed by atoms with E-state index in [2.05, 4.69) is 41.8 Å². The van der Waals surface area contributed by atoms with Crippen LogP contribution in [0.3, 0.4) is 0 Å². The molecule has 8 nitrogen and oxygen atoms in total. The van der Waals surface area contributed by atoms with Crippen molar-refractivity contribution in [2.24, 2.45) is 0 Å². The predicted molar refractivity (Wildman–Crippen MR) is 160 cm³/mol. The van der Waals surface area contributed by atoms with Crippen LogP contribution in [0.25, 0.3) is 0 Å². The van der Waals surface area contributed by atoms with Crippen LogP contribution in [-0.2, 0) is 16.8 Å². The molecule has 0 spiro atoms. The van der Waals surface area contributed by atoms with Gasteiger partial charge in [-0.2, -0.15) is 18.2 Å². The van der Waals surface area contributed by atoms with Crippen LogP contribution in [0, 0.1) is 6.92 Å². The van der Waals surface area contributed by atoms with Crippen molar-refractivity contribution in [3.05, 3.63) is 69.3 Å². The Morgan fingerprint density at radius 2 is 2.05 bits per heavy atom. The fraction of sp³-hybridized carbons (Fsp3) is 0.433. The summed E-state index contributed by atoms with van der Waals surface area (Å²) in [5.41, 5.74) is 4.99. The van der Waals surface area contributed by atoms with Crippen LogP contribution in [0.5, 0.6) is 0 Å². The molecule has 2 aliphatic rings. The van der Waals surface area contributed by atoms with E-state index < -0.39 is 24.2 Å². The summed E-state index contributed by atoms with van der Waals surface area (Å²) < 4.78 is 39.2. The number of β-amino-alcohol motifs (C(OH)–C–C–N with tert-alkyl or cyclic N) is 1. The topological polar surface area (TPSA) is 102 Å². The molecule has 5 rings (SSSR count). The number of piperidine rings is 1. The van der Waals surface area contributed by atoms with E-state index in [9.17, 15) is 23.1 Å². The smallest absolute Gasteiger partial charge is 0.382 e. The monoisotopic (exact) mass is 646 g/mol. The van der Waals surface area contributed by atoms with Gasteiger partial charge in [-0.1, -0.05) is 24.3 Å². The first-order chi connectivity index (χ1) is 19.8. The summed E-state index contributed by atoms with van der Waals surface area (Å²) in [6, 6.07) is 11.8. The quantitative estimate of drug-likeness (QED) is 0.230. The maximum atomic E-state index is 12.8. The van der Waals surface area contributed by atoms with Gasteiger partial charge in [0.05, 0.1) is 9.89 Å². The molecule has 1 saturated heterocycles. The molecule has 0 saturated carbocycles. The fourth-order valence-electron chi connectivity index (χ4n) is 5.76. The zero-order valence-corrected chi connectivity index (χ0v) is 25.2. The zero-order chi connectivity index (χ0) is 30.2. The highest BCUT2D eigenvalue weighted by Crippen LogP contribution is 2.40.